The van der Waals surface area contributed by atoms with Crippen molar-refractivity contribution in [1.29, 1.82) is 0 Å². The van der Waals surface area contributed by atoms with E-state index >= 15 is 0 Å². The fraction of sp³-hybridized carbons (Fsp3) is 0.474. The molecule has 1 aliphatic carbocycles. The van der Waals surface area contributed by atoms with Crippen molar-refractivity contribution in [2.24, 2.45) is 10.4 Å². The second-order valence-electron chi connectivity index (χ2n) is 7.16. The molecule has 1 aromatic carbocycles. The number of aliphatic imine (C=N–C) groups is 1. The molecule has 1 saturated carbocycles. The first-order valence-corrected chi connectivity index (χ1v) is 8.72. The lowest BCUT2D eigenvalue weighted by Gasteiger charge is -2.51. The number of hydrogen-bond acceptors (Lipinski definition) is 3. The Balaban J connectivity index is 0.00000261. The number of hydrogen-bond donors (Lipinski definition) is 2. The van der Waals surface area contributed by atoms with E-state index in [4.69, 9.17) is 4.74 Å². The molecule has 2 atom stereocenters. The summed E-state index contributed by atoms with van der Waals surface area (Å²) in [6.07, 6.45) is 6.12. The molecule has 2 N–H and O–H groups in total. The summed E-state index contributed by atoms with van der Waals surface area (Å²) in [6.45, 7) is 4.85. The van der Waals surface area contributed by atoms with Crippen LogP contribution in [0.2, 0.25) is 0 Å². The van der Waals surface area contributed by atoms with Gasteiger partial charge in [0, 0.05) is 44.6 Å². The van der Waals surface area contributed by atoms with Crippen molar-refractivity contribution in [1.82, 2.24) is 20.2 Å². The Hall–Kier alpha value is -1.68. The van der Waals surface area contributed by atoms with E-state index < -0.39 is 0 Å². The molecule has 0 amide bonds. The van der Waals surface area contributed by atoms with Crippen molar-refractivity contribution in [3.8, 4) is 5.69 Å². The number of ether oxygens (including phenoxy) is 1. The molecule has 6 nitrogen and oxygen atoms in total. The normalized spacial score (nSPS) is 21.1. The number of nitrogens with zero attached hydrogens (tertiary/aromatic N) is 3. The van der Waals surface area contributed by atoms with Gasteiger partial charge in [-0.25, -0.2) is 9.37 Å². The SMILES string of the molecule is CN=C(NCc1ccc(-n2ccnc2)c(F)c1)NC1CC(OC)C1(C)C.I. The number of methoxy groups -OCH3 is 1. The highest BCUT2D eigenvalue weighted by Crippen LogP contribution is 2.42. The molecule has 2 unspecified atom stereocenters. The van der Waals surface area contributed by atoms with Crippen molar-refractivity contribution in [2.45, 2.75) is 39.0 Å². The van der Waals surface area contributed by atoms with Gasteiger partial charge in [-0.1, -0.05) is 19.9 Å². The molecule has 1 aliphatic rings. The third-order valence-corrected chi connectivity index (χ3v) is 5.25. The van der Waals surface area contributed by atoms with Crippen molar-refractivity contribution in [3.05, 3.63) is 48.3 Å². The van der Waals surface area contributed by atoms with Gasteiger partial charge in [0.15, 0.2) is 5.96 Å². The summed E-state index contributed by atoms with van der Waals surface area (Å²) in [7, 11) is 3.48. The quantitative estimate of drug-likeness (QED) is 0.387. The summed E-state index contributed by atoms with van der Waals surface area (Å²) >= 11 is 0. The van der Waals surface area contributed by atoms with Crippen LogP contribution in [0.1, 0.15) is 25.8 Å². The minimum Gasteiger partial charge on any atom is -0.381 e. The minimum atomic E-state index is -0.284. The van der Waals surface area contributed by atoms with E-state index in [0.717, 1.165) is 12.0 Å². The Morgan fingerprint density at radius 3 is 2.78 bits per heavy atom. The van der Waals surface area contributed by atoms with Gasteiger partial charge in [0.25, 0.3) is 0 Å². The van der Waals surface area contributed by atoms with Crippen molar-refractivity contribution in [3.63, 3.8) is 0 Å². The zero-order valence-corrected chi connectivity index (χ0v) is 18.4. The molecule has 27 heavy (non-hydrogen) atoms. The molecule has 0 spiro atoms. The molecule has 1 aromatic heterocycles. The van der Waals surface area contributed by atoms with Gasteiger partial charge in [0.05, 0.1) is 18.1 Å². The summed E-state index contributed by atoms with van der Waals surface area (Å²) < 4.78 is 21.5. The number of benzene rings is 1. The highest BCUT2D eigenvalue weighted by molar-refractivity contribution is 14.0. The monoisotopic (exact) mass is 487 g/mol. The van der Waals surface area contributed by atoms with E-state index in [1.54, 1.807) is 43.5 Å². The van der Waals surface area contributed by atoms with E-state index in [1.807, 2.05) is 6.07 Å². The van der Waals surface area contributed by atoms with Crippen LogP contribution >= 0.6 is 24.0 Å². The van der Waals surface area contributed by atoms with Gasteiger partial charge in [-0.05, 0) is 24.1 Å². The maximum atomic E-state index is 14.3. The van der Waals surface area contributed by atoms with Gasteiger partial charge < -0.3 is 19.9 Å². The third-order valence-electron chi connectivity index (χ3n) is 5.25. The van der Waals surface area contributed by atoms with Crippen LogP contribution in [0.3, 0.4) is 0 Å². The van der Waals surface area contributed by atoms with Gasteiger partial charge in [0.1, 0.15) is 5.82 Å². The van der Waals surface area contributed by atoms with Crippen LogP contribution in [-0.4, -0.2) is 41.8 Å². The van der Waals surface area contributed by atoms with Gasteiger partial charge >= 0.3 is 0 Å². The Bertz CT molecular complexity index is 778. The standard InChI is InChI=1S/C19H26FN5O.HI/c1-19(2)16(10-17(19)26-4)24-18(21-3)23-11-13-5-6-15(14(20)9-13)25-8-7-22-12-25;/h5-9,12,16-17H,10-11H2,1-4H3,(H2,21,23,24);1H. The van der Waals surface area contributed by atoms with Crippen molar-refractivity contribution >= 4 is 29.9 Å². The first kappa shape index (κ1) is 21.6. The third kappa shape index (κ3) is 4.60. The van der Waals surface area contributed by atoms with Gasteiger partial charge in [-0.3, -0.25) is 4.99 Å². The van der Waals surface area contributed by atoms with E-state index in [9.17, 15) is 4.39 Å². The fourth-order valence-corrected chi connectivity index (χ4v) is 3.35. The van der Waals surface area contributed by atoms with Gasteiger partial charge in [0.2, 0.25) is 0 Å². The first-order chi connectivity index (χ1) is 12.5. The van der Waals surface area contributed by atoms with E-state index in [1.165, 1.54) is 6.07 Å². The Morgan fingerprint density at radius 1 is 1.44 bits per heavy atom. The number of guanidine groups is 1. The predicted octanol–water partition coefficient (Wildman–Crippen LogP) is 3.11. The summed E-state index contributed by atoms with van der Waals surface area (Å²) in [4.78, 5) is 8.22. The zero-order valence-electron chi connectivity index (χ0n) is 16.1. The van der Waals surface area contributed by atoms with Crippen LogP contribution in [0.5, 0.6) is 0 Å². The molecule has 148 valence electrons. The van der Waals surface area contributed by atoms with Crippen LogP contribution in [-0.2, 0) is 11.3 Å². The molecule has 1 heterocycles. The van der Waals surface area contributed by atoms with E-state index in [2.05, 4.69) is 34.5 Å². The van der Waals surface area contributed by atoms with E-state index in [0.29, 0.717) is 24.2 Å². The largest absolute Gasteiger partial charge is 0.381 e. The van der Waals surface area contributed by atoms with Crippen LogP contribution in [0.4, 0.5) is 4.39 Å². The fourth-order valence-electron chi connectivity index (χ4n) is 3.35. The zero-order chi connectivity index (χ0) is 18.7. The lowest BCUT2D eigenvalue weighted by atomic mass is 9.64. The molecule has 2 aromatic rings. The average Bonchev–Trinajstić information content (AvgIpc) is 3.15. The molecule has 0 bridgehead atoms. The van der Waals surface area contributed by atoms with Crippen LogP contribution in [0.15, 0.2) is 41.9 Å². The number of rotatable bonds is 5. The number of halogens is 2. The predicted molar refractivity (Wildman–Crippen MR) is 115 cm³/mol. The van der Waals surface area contributed by atoms with Gasteiger partial charge in [-0.2, -0.15) is 0 Å². The van der Waals surface area contributed by atoms with Crippen LogP contribution in [0.25, 0.3) is 5.69 Å². The summed E-state index contributed by atoms with van der Waals surface area (Å²) in [5, 5.41) is 6.68. The average molecular weight is 487 g/mol. The Morgan fingerprint density at radius 2 is 2.22 bits per heavy atom. The van der Waals surface area contributed by atoms with E-state index in [-0.39, 0.29) is 41.3 Å². The lowest BCUT2D eigenvalue weighted by molar-refractivity contribution is -0.0922. The molecular formula is C19H27FIN5O. The molecular weight excluding hydrogens is 460 g/mol. The smallest absolute Gasteiger partial charge is 0.191 e. The molecule has 8 heteroatoms. The molecule has 0 saturated heterocycles. The highest BCUT2D eigenvalue weighted by Gasteiger charge is 2.48. The van der Waals surface area contributed by atoms with Crippen LogP contribution in [0, 0.1) is 11.2 Å². The van der Waals surface area contributed by atoms with Gasteiger partial charge in [-0.15, -0.1) is 24.0 Å². The number of imidazole rings is 1. The lowest BCUT2D eigenvalue weighted by Crippen LogP contribution is -2.63. The Kier molecular flexibility index (Phi) is 7.21. The highest BCUT2D eigenvalue weighted by atomic mass is 127. The first-order valence-electron chi connectivity index (χ1n) is 8.72. The maximum Gasteiger partial charge on any atom is 0.191 e. The van der Waals surface area contributed by atoms with Crippen molar-refractivity contribution < 1.29 is 9.13 Å². The van der Waals surface area contributed by atoms with Crippen LogP contribution < -0.4 is 10.6 Å². The second kappa shape index (κ2) is 9.01. The molecule has 0 aliphatic heterocycles. The molecule has 1 fully saturated rings. The number of aromatic nitrogens is 2. The second-order valence-corrected chi connectivity index (χ2v) is 7.16. The Labute approximate surface area is 176 Å². The minimum absolute atomic E-state index is 0. The summed E-state index contributed by atoms with van der Waals surface area (Å²) in [5.41, 5.74) is 1.37. The summed E-state index contributed by atoms with van der Waals surface area (Å²) in [6, 6.07) is 5.47. The van der Waals surface area contributed by atoms with Crippen molar-refractivity contribution in [2.75, 3.05) is 14.2 Å². The topological polar surface area (TPSA) is 63.5 Å². The maximum absolute atomic E-state index is 14.3. The molecule has 0 radical (unpaired) electrons. The number of nitrogens with one attached hydrogen (secondary N) is 2. The summed E-state index contributed by atoms with van der Waals surface area (Å²) in [5.74, 6) is 0.421. The molecule has 3 rings (SSSR count).